The zero-order chi connectivity index (χ0) is 14.8. The molecule has 0 unspecified atom stereocenters. The lowest BCUT2D eigenvalue weighted by molar-refractivity contribution is -0.123. The average molecular weight is 383 g/mol. The van der Waals surface area contributed by atoms with E-state index in [1.54, 1.807) is 11.3 Å². The molecule has 1 fully saturated rings. The number of morpholine rings is 1. The number of nitrogens with zero attached hydrogens (tertiary/aromatic N) is 2. The number of anilines is 1. The van der Waals surface area contributed by atoms with Gasteiger partial charge in [-0.15, -0.1) is 36.2 Å². The van der Waals surface area contributed by atoms with Crippen LogP contribution in [0.25, 0.3) is 0 Å². The Morgan fingerprint density at radius 2 is 2.30 bits per heavy atom. The summed E-state index contributed by atoms with van der Waals surface area (Å²) in [7, 11) is 0. The Kier molecular flexibility index (Phi) is 8.20. The van der Waals surface area contributed by atoms with Crippen LogP contribution in [0, 0.1) is 0 Å². The van der Waals surface area contributed by atoms with Crippen molar-refractivity contribution >= 4 is 47.2 Å². The lowest BCUT2D eigenvalue weighted by Gasteiger charge is -2.28. The van der Waals surface area contributed by atoms with Crippen LogP contribution in [0.3, 0.4) is 0 Å². The Labute approximate surface area is 153 Å². The molecule has 3 rings (SSSR count). The molecule has 9 heteroatoms. The van der Waals surface area contributed by atoms with Crippen LogP contribution >= 0.6 is 36.2 Å². The van der Waals surface area contributed by atoms with Crippen molar-refractivity contribution in [1.82, 2.24) is 15.2 Å². The Bertz CT molecular complexity index is 529. The molecule has 23 heavy (non-hydrogen) atoms. The molecule has 3 heterocycles. The highest BCUT2D eigenvalue weighted by atomic mass is 35.5. The first-order valence-corrected chi connectivity index (χ1v) is 8.35. The predicted molar refractivity (Wildman–Crippen MR) is 97.1 cm³/mol. The van der Waals surface area contributed by atoms with Crippen molar-refractivity contribution in [1.29, 1.82) is 0 Å². The third-order valence-electron chi connectivity index (χ3n) is 4.09. The summed E-state index contributed by atoms with van der Waals surface area (Å²) in [5.41, 5.74) is 1.14. The van der Waals surface area contributed by atoms with E-state index in [9.17, 15) is 4.79 Å². The first-order valence-electron chi connectivity index (χ1n) is 7.54. The van der Waals surface area contributed by atoms with Gasteiger partial charge in [-0.3, -0.25) is 9.69 Å². The summed E-state index contributed by atoms with van der Waals surface area (Å²) < 4.78 is 5.51. The number of halogens is 2. The normalized spacial score (nSPS) is 24.1. The molecule has 6 nitrogen and oxygen atoms in total. The van der Waals surface area contributed by atoms with Crippen LogP contribution in [-0.4, -0.2) is 54.2 Å². The molecular formula is C14H24Cl2N4O2S. The smallest absolute Gasteiger partial charge is 0.245 e. The molecule has 1 aromatic rings. The molecule has 1 aromatic heterocycles. The fourth-order valence-corrected chi connectivity index (χ4v) is 3.84. The lowest BCUT2D eigenvalue weighted by Crippen LogP contribution is -2.53. The fraction of sp³-hybridized carbons (Fsp3) is 0.714. The minimum atomic E-state index is -0.299. The van der Waals surface area contributed by atoms with Crippen LogP contribution < -0.4 is 10.6 Å². The molecule has 2 atom stereocenters. The topological polar surface area (TPSA) is 66.5 Å². The second-order valence-electron chi connectivity index (χ2n) is 5.50. The number of aromatic nitrogens is 1. The predicted octanol–water partition coefficient (Wildman–Crippen LogP) is 1.68. The molecule has 2 aliphatic rings. The van der Waals surface area contributed by atoms with Crippen molar-refractivity contribution in [2.75, 3.05) is 31.6 Å². The maximum Gasteiger partial charge on any atom is 0.245 e. The summed E-state index contributed by atoms with van der Waals surface area (Å²) in [5, 5.41) is 6.85. The standard InChI is InChI=1S/C14H22N4O2S.2ClH/c1-3-18-6-4-10-11(8-18)21-14(16-10)17-13(19)12-9(2)20-7-5-15-12;;/h9,12,15H,3-8H2,1-2H3,(H,16,17,19);2*1H/t9-,12+;;/m1../s1. The molecule has 2 aliphatic heterocycles. The minimum absolute atomic E-state index is 0. The SMILES string of the molecule is CCN1CCc2nc(NC(=O)[C@H]3NCCO[C@@H]3C)sc2C1.Cl.Cl. The van der Waals surface area contributed by atoms with Crippen molar-refractivity contribution in [3.63, 3.8) is 0 Å². The number of thiazole rings is 1. The van der Waals surface area contributed by atoms with E-state index in [0.717, 1.165) is 31.7 Å². The summed E-state index contributed by atoms with van der Waals surface area (Å²) in [6.07, 6.45) is 0.862. The van der Waals surface area contributed by atoms with Crippen LogP contribution in [0.5, 0.6) is 0 Å². The van der Waals surface area contributed by atoms with Crippen LogP contribution in [0.1, 0.15) is 24.4 Å². The molecule has 0 radical (unpaired) electrons. The number of hydrogen-bond donors (Lipinski definition) is 2. The van der Waals surface area contributed by atoms with Crippen molar-refractivity contribution in [2.45, 2.75) is 39.0 Å². The lowest BCUT2D eigenvalue weighted by atomic mass is 10.1. The molecule has 0 bridgehead atoms. The molecule has 0 aromatic carbocycles. The zero-order valence-electron chi connectivity index (χ0n) is 13.3. The van der Waals surface area contributed by atoms with E-state index in [4.69, 9.17) is 4.74 Å². The Balaban J connectivity index is 0.00000132. The molecule has 0 aliphatic carbocycles. The molecule has 1 saturated heterocycles. The van der Waals surface area contributed by atoms with Gasteiger partial charge in [0.15, 0.2) is 5.13 Å². The van der Waals surface area contributed by atoms with Gasteiger partial charge in [0.25, 0.3) is 0 Å². The highest BCUT2D eigenvalue weighted by Gasteiger charge is 2.29. The zero-order valence-corrected chi connectivity index (χ0v) is 15.8. The van der Waals surface area contributed by atoms with Crippen LogP contribution in [0.15, 0.2) is 0 Å². The van der Waals surface area contributed by atoms with Gasteiger partial charge in [0.2, 0.25) is 5.91 Å². The second kappa shape index (κ2) is 9.15. The van der Waals surface area contributed by atoms with Gasteiger partial charge in [-0.1, -0.05) is 6.92 Å². The number of carbonyl (C=O) groups is 1. The number of fused-ring (bicyclic) bond motifs is 1. The summed E-state index contributed by atoms with van der Waals surface area (Å²) in [6.45, 7) is 8.51. The van der Waals surface area contributed by atoms with Crippen LogP contribution in [0.4, 0.5) is 5.13 Å². The molecule has 2 N–H and O–H groups in total. The largest absolute Gasteiger partial charge is 0.375 e. The molecule has 0 spiro atoms. The highest BCUT2D eigenvalue weighted by molar-refractivity contribution is 7.15. The van der Waals surface area contributed by atoms with Gasteiger partial charge in [-0.2, -0.15) is 0 Å². The first kappa shape index (κ1) is 20.6. The van der Waals surface area contributed by atoms with E-state index in [2.05, 4.69) is 27.4 Å². The van der Waals surface area contributed by atoms with E-state index in [-0.39, 0.29) is 42.9 Å². The van der Waals surface area contributed by atoms with E-state index in [1.165, 1.54) is 4.88 Å². The average Bonchev–Trinajstić information content (AvgIpc) is 2.88. The Hall–Kier alpha value is -0.440. The number of carbonyl (C=O) groups excluding carboxylic acids is 1. The van der Waals surface area contributed by atoms with Crippen LogP contribution in [-0.2, 0) is 22.5 Å². The molecule has 132 valence electrons. The maximum atomic E-state index is 12.3. The van der Waals surface area contributed by atoms with E-state index >= 15 is 0 Å². The van der Waals surface area contributed by atoms with Gasteiger partial charge in [0.1, 0.15) is 6.04 Å². The quantitative estimate of drug-likeness (QED) is 0.832. The third kappa shape index (κ3) is 4.78. The second-order valence-corrected chi connectivity index (χ2v) is 6.59. The van der Waals surface area contributed by atoms with Gasteiger partial charge in [-0.05, 0) is 13.5 Å². The van der Waals surface area contributed by atoms with Crippen molar-refractivity contribution in [2.24, 2.45) is 0 Å². The Morgan fingerprint density at radius 1 is 1.52 bits per heavy atom. The number of ether oxygens (including phenoxy) is 1. The number of likely N-dealkylation sites (N-methyl/N-ethyl adjacent to an activating group) is 1. The van der Waals surface area contributed by atoms with Crippen molar-refractivity contribution in [3.05, 3.63) is 10.6 Å². The van der Waals surface area contributed by atoms with E-state index in [1.807, 2.05) is 6.92 Å². The summed E-state index contributed by atoms with van der Waals surface area (Å²) in [6, 6.07) is -0.299. The highest BCUT2D eigenvalue weighted by Crippen LogP contribution is 2.28. The molecule has 1 amide bonds. The maximum absolute atomic E-state index is 12.3. The number of nitrogens with one attached hydrogen (secondary N) is 2. The van der Waals surface area contributed by atoms with Crippen molar-refractivity contribution in [3.8, 4) is 0 Å². The van der Waals surface area contributed by atoms with Gasteiger partial charge >= 0.3 is 0 Å². The number of rotatable bonds is 3. The van der Waals surface area contributed by atoms with E-state index in [0.29, 0.717) is 18.3 Å². The monoisotopic (exact) mass is 382 g/mol. The van der Waals surface area contributed by atoms with Gasteiger partial charge in [0.05, 0.1) is 18.4 Å². The molecule has 0 saturated carbocycles. The van der Waals surface area contributed by atoms with Crippen molar-refractivity contribution < 1.29 is 9.53 Å². The summed E-state index contributed by atoms with van der Waals surface area (Å²) >= 11 is 1.59. The summed E-state index contributed by atoms with van der Waals surface area (Å²) in [4.78, 5) is 20.6. The van der Waals surface area contributed by atoms with Gasteiger partial charge < -0.3 is 15.4 Å². The number of hydrogen-bond acceptors (Lipinski definition) is 6. The summed E-state index contributed by atoms with van der Waals surface area (Å²) in [5.74, 6) is -0.0550. The van der Waals surface area contributed by atoms with Gasteiger partial charge in [-0.25, -0.2) is 4.98 Å². The first-order chi connectivity index (χ1) is 10.2. The Morgan fingerprint density at radius 3 is 3.00 bits per heavy atom. The third-order valence-corrected chi connectivity index (χ3v) is 5.08. The minimum Gasteiger partial charge on any atom is -0.375 e. The fourth-order valence-electron chi connectivity index (χ4n) is 2.78. The van der Waals surface area contributed by atoms with E-state index < -0.39 is 0 Å². The van der Waals surface area contributed by atoms with Gasteiger partial charge in [0, 0.05) is 30.9 Å². The van der Waals surface area contributed by atoms with Crippen LogP contribution in [0.2, 0.25) is 0 Å². The number of amides is 1. The molecular weight excluding hydrogens is 359 g/mol.